The maximum Gasteiger partial charge on any atom is 0.342 e. The lowest BCUT2D eigenvalue weighted by Gasteiger charge is -1.97. The number of hydrogen-bond acceptors (Lipinski definition) is 6. The highest BCUT2D eigenvalue weighted by molar-refractivity contribution is 6.10. The fourth-order valence-electron chi connectivity index (χ4n) is 1.39. The molecule has 2 heterocycles. The summed E-state index contributed by atoms with van der Waals surface area (Å²) < 4.78 is 8.53. The molecule has 0 aliphatic carbocycles. The van der Waals surface area contributed by atoms with Gasteiger partial charge in [0.25, 0.3) is 0 Å². The average Bonchev–Trinajstić information content (AvgIpc) is 2.66. The van der Waals surface area contributed by atoms with Gasteiger partial charge in [0.15, 0.2) is 0 Å². The van der Waals surface area contributed by atoms with Gasteiger partial charge < -0.3 is 9.47 Å². The molecular weight excluding hydrogens is 216 g/mol. The maximum absolute atomic E-state index is 11.0. The van der Waals surface area contributed by atoms with Crippen molar-refractivity contribution in [2.45, 2.75) is 12.8 Å². The van der Waals surface area contributed by atoms with Crippen molar-refractivity contribution in [1.82, 2.24) is 0 Å². The smallest absolute Gasteiger partial charge is 0.342 e. The highest BCUT2D eigenvalue weighted by atomic mass is 16.6. The minimum absolute atomic E-state index is 0.165. The summed E-state index contributed by atoms with van der Waals surface area (Å²) in [7, 11) is 0. The minimum Gasteiger partial charge on any atom is -0.386 e. The van der Waals surface area contributed by atoms with E-state index < -0.39 is 23.9 Å². The van der Waals surface area contributed by atoms with Crippen LogP contribution in [0.3, 0.4) is 0 Å². The molecule has 2 rings (SSSR count). The third kappa shape index (κ3) is 1.90. The molecule has 2 aliphatic heterocycles. The van der Waals surface area contributed by atoms with E-state index in [1.165, 1.54) is 0 Å². The van der Waals surface area contributed by atoms with E-state index in [2.05, 4.69) is 9.47 Å². The van der Waals surface area contributed by atoms with Gasteiger partial charge in [-0.05, 0) is 12.8 Å². The molecule has 0 aromatic carbocycles. The van der Waals surface area contributed by atoms with Gasteiger partial charge in [-0.1, -0.05) is 0 Å². The summed E-state index contributed by atoms with van der Waals surface area (Å²) in [5.74, 6) is -2.83. The van der Waals surface area contributed by atoms with Crippen LogP contribution < -0.4 is 0 Å². The molecule has 0 unspecified atom stereocenters. The zero-order valence-corrected chi connectivity index (χ0v) is 8.02. The van der Waals surface area contributed by atoms with Gasteiger partial charge in [-0.25, -0.2) is 19.2 Å². The fraction of sp³-hybridized carbons (Fsp3) is 0.200. The van der Waals surface area contributed by atoms with E-state index >= 15 is 0 Å². The Hall–Kier alpha value is -2.24. The topological polar surface area (TPSA) is 86.7 Å². The zero-order valence-electron chi connectivity index (χ0n) is 8.02. The second-order valence-corrected chi connectivity index (χ2v) is 3.26. The normalized spacial score (nSPS) is 19.5. The Morgan fingerprint density at radius 3 is 1.38 bits per heavy atom. The van der Waals surface area contributed by atoms with Crippen LogP contribution in [0.4, 0.5) is 0 Å². The number of ether oxygens (including phenoxy) is 2. The van der Waals surface area contributed by atoms with Crippen LogP contribution in [-0.4, -0.2) is 23.9 Å². The Balaban J connectivity index is 1.98. The lowest BCUT2D eigenvalue weighted by atomic mass is 10.1. The van der Waals surface area contributed by atoms with Gasteiger partial charge in [-0.3, -0.25) is 0 Å². The second-order valence-electron chi connectivity index (χ2n) is 3.26. The van der Waals surface area contributed by atoms with Crippen LogP contribution in [0.25, 0.3) is 0 Å². The van der Waals surface area contributed by atoms with Crippen LogP contribution in [0.2, 0.25) is 0 Å². The monoisotopic (exact) mass is 222 g/mol. The minimum atomic E-state index is -0.709. The first kappa shape index (κ1) is 10.3. The van der Waals surface area contributed by atoms with Crippen molar-refractivity contribution in [2.75, 3.05) is 0 Å². The molecule has 0 fully saturated rings. The molecule has 0 N–H and O–H groups in total. The van der Waals surface area contributed by atoms with Crippen molar-refractivity contribution in [2.24, 2.45) is 0 Å². The van der Waals surface area contributed by atoms with Gasteiger partial charge in [0, 0.05) is 23.3 Å². The summed E-state index contributed by atoms with van der Waals surface area (Å²) in [5.41, 5.74) is 0.385. The molecule has 2 aliphatic rings. The lowest BCUT2D eigenvalue weighted by Crippen LogP contribution is -2.04. The summed E-state index contributed by atoms with van der Waals surface area (Å²) in [6.45, 7) is 0. The van der Waals surface area contributed by atoms with E-state index in [9.17, 15) is 19.2 Å². The Morgan fingerprint density at radius 1 is 0.750 bits per heavy atom. The Morgan fingerprint density at radius 2 is 1.12 bits per heavy atom. The van der Waals surface area contributed by atoms with Crippen LogP contribution in [0, 0.1) is 0 Å². The van der Waals surface area contributed by atoms with Crippen LogP contribution >= 0.6 is 0 Å². The van der Waals surface area contributed by atoms with Crippen LogP contribution in [-0.2, 0) is 28.7 Å². The largest absolute Gasteiger partial charge is 0.386 e. The van der Waals surface area contributed by atoms with Crippen molar-refractivity contribution in [3.63, 3.8) is 0 Å². The molecule has 6 heteroatoms. The predicted octanol–water partition coefficient (Wildman–Crippen LogP) is -0.214. The Kier molecular flexibility index (Phi) is 2.40. The summed E-state index contributed by atoms with van der Waals surface area (Å²) in [5, 5.41) is 0. The number of carbonyl (C=O) groups is 4. The quantitative estimate of drug-likeness (QED) is 0.485. The first-order valence-corrected chi connectivity index (χ1v) is 4.49. The van der Waals surface area contributed by atoms with E-state index in [0.717, 1.165) is 12.2 Å². The standard InChI is InChI=1S/C10H6O6/c11-7-3-5(9(13)15-7)1-2-6-4-8(12)16-10(6)14/h3-4H,1-2H2. The van der Waals surface area contributed by atoms with Crippen LogP contribution in [0.15, 0.2) is 23.3 Å². The highest BCUT2D eigenvalue weighted by Crippen LogP contribution is 2.20. The van der Waals surface area contributed by atoms with Gasteiger partial charge in [0.1, 0.15) is 0 Å². The first-order valence-electron chi connectivity index (χ1n) is 4.49. The van der Waals surface area contributed by atoms with Crippen molar-refractivity contribution in [1.29, 1.82) is 0 Å². The molecule has 0 amide bonds. The molecule has 0 atom stereocenters. The molecule has 0 aromatic rings. The van der Waals surface area contributed by atoms with E-state index in [0.29, 0.717) is 0 Å². The third-order valence-corrected chi connectivity index (χ3v) is 2.16. The summed E-state index contributed by atoms with van der Waals surface area (Å²) in [4.78, 5) is 43.4. The molecule has 82 valence electrons. The van der Waals surface area contributed by atoms with Crippen LogP contribution in [0.5, 0.6) is 0 Å². The van der Waals surface area contributed by atoms with Gasteiger partial charge in [0.2, 0.25) is 0 Å². The zero-order chi connectivity index (χ0) is 11.7. The van der Waals surface area contributed by atoms with Crippen molar-refractivity contribution in [3.05, 3.63) is 23.3 Å². The molecule has 0 aromatic heterocycles. The van der Waals surface area contributed by atoms with E-state index in [1.807, 2.05) is 0 Å². The van der Waals surface area contributed by atoms with E-state index in [-0.39, 0.29) is 24.0 Å². The first-order chi connectivity index (χ1) is 7.56. The van der Waals surface area contributed by atoms with Gasteiger partial charge in [0.05, 0.1) is 0 Å². The van der Waals surface area contributed by atoms with E-state index in [1.54, 1.807) is 0 Å². The number of hydrogen-bond donors (Lipinski definition) is 0. The second kappa shape index (κ2) is 3.73. The number of cyclic esters (lactones) is 4. The number of carbonyl (C=O) groups excluding carboxylic acids is 4. The van der Waals surface area contributed by atoms with Crippen molar-refractivity contribution in [3.8, 4) is 0 Å². The van der Waals surface area contributed by atoms with Gasteiger partial charge in [-0.2, -0.15) is 0 Å². The third-order valence-electron chi connectivity index (χ3n) is 2.16. The molecule has 0 spiro atoms. The van der Waals surface area contributed by atoms with E-state index in [4.69, 9.17) is 0 Å². The molecule has 16 heavy (non-hydrogen) atoms. The molecule has 6 nitrogen and oxygen atoms in total. The molecular formula is C10H6O6. The highest BCUT2D eigenvalue weighted by Gasteiger charge is 2.27. The average molecular weight is 222 g/mol. The maximum atomic E-state index is 11.0. The Bertz CT molecular complexity index is 424. The number of esters is 4. The van der Waals surface area contributed by atoms with Crippen LogP contribution in [0.1, 0.15) is 12.8 Å². The van der Waals surface area contributed by atoms with Gasteiger partial charge >= 0.3 is 23.9 Å². The SMILES string of the molecule is O=C1C=C(CCC2=CC(=O)OC2=O)C(=O)O1. The summed E-state index contributed by atoms with van der Waals surface area (Å²) in [6, 6.07) is 0. The van der Waals surface area contributed by atoms with Crippen molar-refractivity contribution < 1.29 is 28.7 Å². The predicted molar refractivity (Wildman–Crippen MR) is 47.6 cm³/mol. The number of rotatable bonds is 3. The molecule has 0 saturated carbocycles. The van der Waals surface area contributed by atoms with Crippen molar-refractivity contribution >= 4 is 23.9 Å². The molecule has 0 bridgehead atoms. The Labute approximate surface area is 89.5 Å². The molecule has 0 radical (unpaired) electrons. The fourth-order valence-corrected chi connectivity index (χ4v) is 1.39. The molecule has 0 saturated heterocycles. The lowest BCUT2D eigenvalue weighted by molar-refractivity contribution is -0.152. The van der Waals surface area contributed by atoms with Gasteiger partial charge in [-0.15, -0.1) is 0 Å². The summed E-state index contributed by atoms with van der Waals surface area (Å²) in [6.07, 6.45) is 2.48. The summed E-state index contributed by atoms with van der Waals surface area (Å²) >= 11 is 0.